The van der Waals surface area contributed by atoms with Crippen LogP contribution >= 0.6 is 23.2 Å². The molecular formula is C18H19Cl2FN4O. The lowest BCUT2D eigenvalue weighted by molar-refractivity contribution is 0.311. The summed E-state index contributed by atoms with van der Waals surface area (Å²) in [5, 5.41) is 0.222. The van der Waals surface area contributed by atoms with Crippen molar-refractivity contribution in [2.75, 3.05) is 38.1 Å². The molecule has 0 bridgehead atoms. The van der Waals surface area contributed by atoms with E-state index in [0.29, 0.717) is 17.0 Å². The van der Waals surface area contributed by atoms with Crippen LogP contribution in [-0.4, -0.2) is 48.1 Å². The monoisotopic (exact) mass is 396 g/mol. The van der Waals surface area contributed by atoms with Crippen LogP contribution in [-0.2, 0) is 0 Å². The minimum absolute atomic E-state index is 0.111. The van der Waals surface area contributed by atoms with Gasteiger partial charge in [0.25, 0.3) is 0 Å². The van der Waals surface area contributed by atoms with E-state index in [9.17, 15) is 4.39 Å². The molecule has 2 aromatic rings. The predicted octanol–water partition coefficient (Wildman–Crippen LogP) is 4.25. The minimum Gasteiger partial charge on any atom is -0.449 e. The van der Waals surface area contributed by atoms with Crippen molar-refractivity contribution < 1.29 is 9.13 Å². The van der Waals surface area contributed by atoms with Gasteiger partial charge < -0.3 is 14.5 Å². The van der Waals surface area contributed by atoms with Gasteiger partial charge in [-0.25, -0.2) is 14.4 Å². The van der Waals surface area contributed by atoms with E-state index < -0.39 is 5.82 Å². The van der Waals surface area contributed by atoms with Crippen molar-refractivity contribution in [3.63, 3.8) is 0 Å². The number of aromatic nitrogens is 2. The Morgan fingerprint density at radius 3 is 2.58 bits per heavy atom. The first-order valence-corrected chi connectivity index (χ1v) is 9.27. The Morgan fingerprint density at radius 2 is 1.88 bits per heavy atom. The zero-order chi connectivity index (χ0) is 18.3. The van der Waals surface area contributed by atoms with Crippen LogP contribution < -0.4 is 9.64 Å². The van der Waals surface area contributed by atoms with Crippen molar-refractivity contribution in [1.29, 1.82) is 0 Å². The molecule has 5 nitrogen and oxygen atoms in total. The molecule has 26 heavy (non-hydrogen) atoms. The Bertz CT molecular complexity index is 814. The van der Waals surface area contributed by atoms with E-state index in [4.69, 9.17) is 27.9 Å². The van der Waals surface area contributed by atoms with Gasteiger partial charge in [0.05, 0.1) is 16.2 Å². The zero-order valence-corrected chi connectivity index (χ0v) is 15.9. The summed E-state index contributed by atoms with van der Waals surface area (Å²) in [5.41, 5.74) is 0.308. The molecule has 2 aliphatic heterocycles. The van der Waals surface area contributed by atoms with E-state index in [1.165, 1.54) is 24.9 Å². The average molecular weight is 397 g/mol. The smallest absolute Gasteiger partial charge is 0.188 e. The van der Waals surface area contributed by atoms with Crippen molar-refractivity contribution in [2.24, 2.45) is 5.41 Å². The van der Waals surface area contributed by atoms with E-state index >= 15 is 0 Å². The van der Waals surface area contributed by atoms with Crippen molar-refractivity contribution >= 4 is 29.0 Å². The minimum atomic E-state index is -0.510. The summed E-state index contributed by atoms with van der Waals surface area (Å²) in [7, 11) is 2.16. The number of halogens is 3. The largest absolute Gasteiger partial charge is 0.449 e. The second kappa shape index (κ2) is 6.83. The highest BCUT2D eigenvalue weighted by atomic mass is 35.5. The Kier molecular flexibility index (Phi) is 4.67. The molecular weight excluding hydrogens is 378 g/mol. The maximum absolute atomic E-state index is 13.4. The number of hydrogen-bond acceptors (Lipinski definition) is 5. The third-order valence-corrected chi connectivity index (χ3v) is 5.76. The standard InChI is InChI=1S/C18H19Cl2FN4O/c1-24-4-2-18(9-24)3-5-25(10-18)17-15(8-22-11-23-17)26-16-13(19)6-12(21)7-14(16)20/h6-8,11H,2-5,9-10H2,1H3. The van der Waals surface area contributed by atoms with E-state index in [1.54, 1.807) is 6.20 Å². The third kappa shape index (κ3) is 3.33. The molecule has 2 aliphatic rings. The summed E-state index contributed by atoms with van der Waals surface area (Å²) in [5.74, 6) is 0.873. The second-order valence-electron chi connectivity index (χ2n) is 7.17. The first kappa shape index (κ1) is 17.8. The summed E-state index contributed by atoms with van der Waals surface area (Å²) >= 11 is 12.2. The van der Waals surface area contributed by atoms with Gasteiger partial charge in [-0.3, -0.25) is 0 Å². The van der Waals surface area contributed by atoms with Gasteiger partial charge in [0.2, 0.25) is 0 Å². The summed E-state index contributed by atoms with van der Waals surface area (Å²) in [6.45, 7) is 4.06. The molecule has 0 radical (unpaired) electrons. The third-order valence-electron chi connectivity index (χ3n) is 5.20. The van der Waals surface area contributed by atoms with Crippen LogP contribution in [0.4, 0.5) is 10.2 Å². The molecule has 0 amide bonds. The number of likely N-dealkylation sites (tertiary alicyclic amines) is 1. The van der Waals surface area contributed by atoms with Gasteiger partial charge in [0, 0.05) is 25.0 Å². The van der Waals surface area contributed by atoms with Crippen molar-refractivity contribution in [2.45, 2.75) is 12.8 Å². The fraction of sp³-hybridized carbons (Fsp3) is 0.444. The Labute approximate surface area is 161 Å². The maximum atomic E-state index is 13.4. The van der Waals surface area contributed by atoms with Crippen LogP contribution in [0.2, 0.25) is 10.0 Å². The van der Waals surface area contributed by atoms with E-state index in [1.807, 2.05) is 0 Å². The molecule has 0 aliphatic carbocycles. The Morgan fingerprint density at radius 1 is 1.15 bits per heavy atom. The van der Waals surface area contributed by atoms with Crippen molar-refractivity contribution in [3.8, 4) is 11.5 Å². The van der Waals surface area contributed by atoms with E-state index in [2.05, 4.69) is 26.8 Å². The molecule has 2 saturated heterocycles. The SMILES string of the molecule is CN1CCC2(CCN(c3ncncc3Oc3c(Cl)cc(F)cc3Cl)C2)C1. The quantitative estimate of drug-likeness (QED) is 0.775. The van der Waals surface area contributed by atoms with Gasteiger partial charge >= 0.3 is 0 Å². The highest BCUT2D eigenvalue weighted by Gasteiger charge is 2.43. The number of rotatable bonds is 3. The molecule has 0 saturated carbocycles. The molecule has 1 atom stereocenters. The highest BCUT2D eigenvalue weighted by Crippen LogP contribution is 2.44. The molecule has 0 N–H and O–H groups in total. The summed E-state index contributed by atoms with van der Waals surface area (Å²) < 4.78 is 19.3. The second-order valence-corrected chi connectivity index (χ2v) is 7.98. The maximum Gasteiger partial charge on any atom is 0.188 e. The number of nitrogens with zero attached hydrogens (tertiary/aromatic N) is 4. The molecule has 3 heterocycles. The lowest BCUT2D eigenvalue weighted by Crippen LogP contribution is -2.30. The average Bonchev–Trinajstić information content (AvgIpc) is 3.17. The van der Waals surface area contributed by atoms with Crippen LogP contribution in [0.3, 0.4) is 0 Å². The molecule has 1 spiro atoms. The molecule has 2 fully saturated rings. The van der Waals surface area contributed by atoms with E-state index in [-0.39, 0.29) is 15.8 Å². The van der Waals surface area contributed by atoms with Gasteiger partial charge in [-0.05, 0) is 38.6 Å². The lowest BCUT2D eigenvalue weighted by atomic mass is 9.86. The number of ether oxygens (including phenoxy) is 1. The fourth-order valence-corrected chi connectivity index (χ4v) is 4.50. The Hall–Kier alpha value is -1.63. The predicted molar refractivity (Wildman–Crippen MR) is 99.9 cm³/mol. The first-order valence-electron chi connectivity index (χ1n) is 8.52. The number of hydrogen-bond donors (Lipinski definition) is 0. The molecule has 1 unspecified atom stereocenters. The highest BCUT2D eigenvalue weighted by molar-refractivity contribution is 6.37. The topological polar surface area (TPSA) is 41.5 Å². The van der Waals surface area contributed by atoms with Gasteiger partial charge in [0.1, 0.15) is 12.1 Å². The number of benzene rings is 1. The van der Waals surface area contributed by atoms with Gasteiger partial charge in [-0.2, -0.15) is 0 Å². The van der Waals surface area contributed by atoms with Gasteiger partial charge in [0.15, 0.2) is 17.3 Å². The zero-order valence-electron chi connectivity index (χ0n) is 14.4. The number of anilines is 1. The summed E-state index contributed by atoms with van der Waals surface area (Å²) in [4.78, 5) is 13.1. The Balaban J connectivity index is 1.60. The molecule has 4 rings (SSSR count). The molecule has 1 aromatic heterocycles. The summed E-state index contributed by atoms with van der Waals surface area (Å²) in [6, 6.07) is 2.34. The van der Waals surface area contributed by atoms with Gasteiger partial charge in [-0.15, -0.1) is 0 Å². The van der Waals surface area contributed by atoms with Gasteiger partial charge in [-0.1, -0.05) is 23.2 Å². The lowest BCUT2D eigenvalue weighted by Gasteiger charge is -2.25. The van der Waals surface area contributed by atoms with E-state index in [0.717, 1.165) is 32.6 Å². The normalized spacial score (nSPS) is 23.2. The fourth-order valence-electron chi connectivity index (χ4n) is 3.96. The first-order chi connectivity index (χ1) is 12.5. The van der Waals surface area contributed by atoms with Crippen molar-refractivity contribution in [3.05, 3.63) is 40.5 Å². The summed E-state index contributed by atoms with van der Waals surface area (Å²) in [6.07, 6.45) is 5.40. The van der Waals surface area contributed by atoms with Crippen LogP contribution in [0.15, 0.2) is 24.7 Å². The van der Waals surface area contributed by atoms with Crippen molar-refractivity contribution in [1.82, 2.24) is 14.9 Å². The molecule has 8 heteroatoms. The van der Waals surface area contributed by atoms with Crippen LogP contribution in [0.1, 0.15) is 12.8 Å². The van der Waals surface area contributed by atoms with Crippen LogP contribution in [0.5, 0.6) is 11.5 Å². The molecule has 138 valence electrons. The van der Waals surface area contributed by atoms with Crippen LogP contribution in [0.25, 0.3) is 0 Å². The molecule has 1 aromatic carbocycles. The van der Waals surface area contributed by atoms with Crippen LogP contribution in [0, 0.1) is 11.2 Å².